The van der Waals surface area contributed by atoms with Gasteiger partial charge in [-0.1, -0.05) is 0 Å². The first-order chi connectivity index (χ1) is 16.1. The van der Waals surface area contributed by atoms with Crippen LogP contribution in [-0.2, 0) is 16.3 Å². The number of sulfone groups is 1. The van der Waals surface area contributed by atoms with Gasteiger partial charge in [0.05, 0.1) is 0 Å². The number of benzene rings is 2. The predicted molar refractivity (Wildman–Crippen MR) is 136 cm³/mol. The third kappa shape index (κ3) is 3.78. The van der Waals surface area contributed by atoms with Gasteiger partial charge in [-0.3, -0.25) is 0 Å². The van der Waals surface area contributed by atoms with Crippen molar-refractivity contribution in [2.24, 2.45) is 22.7 Å². The fourth-order valence-corrected chi connectivity index (χ4v) is 13.2. The van der Waals surface area contributed by atoms with E-state index in [4.69, 9.17) is 0 Å². The van der Waals surface area contributed by atoms with E-state index >= 15 is 0 Å². The molecule has 0 aliphatic heterocycles. The van der Waals surface area contributed by atoms with Gasteiger partial charge in [0.2, 0.25) is 0 Å². The Morgan fingerprint density at radius 1 is 1.21 bits per heavy atom. The minimum atomic E-state index is -4.00. The van der Waals surface area contributed by atoms with Crippen molar-refractivity contribution in [3.63, 3.8) is 0 Å². The van der Waals surface area contributed by atoms with Crippen LogP contribution in [0.5, 0.6) is 0 Å². The Hall–Kier alpha value is -1.90. The van der Waals surface area contributed by atoms with Crippen LogP contribution in [0.2, 0.25) is 5.32 Å². The second-order valence-electron chi connectivity index (χ2n) is 10.3. The maximum atomic E-state index is 14.2. The summed E-state index contributed by atoms with van der Waals surface area (Å²) in [6.45, 7) is 8.42. The monoisotopic (exact) mass is 543 g/mol. The fraction of sp³-hybridized carbons (Fsp3) is 0.464. The molecular weight excluding hydrogens is 509 g/mol. The van der Waals surface area contributed by atoms with Gasteiger partial charge in [-0.2, -0.15) is 0 Å². The SMILES string of the molecule is C=C[C@H](Cc1ccccc1)[C@](C#N)([Se]C[C@]12CC[C@@H](C[C@H]1O)C2(C)C)S(=O)(=O)c1ccccc1. The average molecular weight is 543 g/mol. The van der Waals surface area contributed by atoms with Crippen molar-refractivity contribution in [1.82, 2.24) is 0 Å². The molecule has 0 aromatic heterocycles. The fourth-order valence-electron chi connectivity index (χ4n) is 6.19. The van der Waals surface area contributed by atoms with Crippen molar-refractivity contribution in [3.05, 3.63) is 78.9 Å². The Kier molecular flexibility index (Phi) is 6.88. The number of hydrogen-bond donors (Lipinski definition) is 1. The van der Waals surface area contributed by atoms with E-state index in [9.17, 15) is 18.8 Å². The molecule has 0 radical (unpaired) electrons. The van der Waals surface area contributed by atoms with E-state index in [0.29, 0.717) is 17.7 Å². The molecule has 4 nitrogen and oxygen atoms in total. The summed E-state index contributed by atoms with van der Waals surface area (Å²) < 4.78 is 26.8. The molecule has 5 atom stereocenters. The normalized spacial score (nSPS) is 28.1. The molecule has 2 aliphatic carbocycles. The van der Waals surface area contributed by atoms with Crippen LogP contribution in [0.25, 0.3) is 0 Å². The summed E-state index contributed by atoms with van der Waals surface area (Å²) in [6.07, 6.45) is 4.34. The van der Waals surface area contributed by atoms with Crippen LogP contribution in [-0.4, -0.2) is 38.2 Å². The van der Waals surface area contributed by atoms with Crippen molar-refractivity contribution in [1.29, 1.82) is 5.26 Å². The van der Waals surface area contributed by atoms with Crippen LogP contribution in [0.3, 0.4) is 0 Å². The number of hydrogen-bond acceptors (Lipinski definition) is 4. The molecule has 2 fully saturated rings. The molecule has 6 heteroatoms. The molecule has 2 bridgehead atoms. The molecule has 2 saturated carbocycles. The first kappa shape index (κ1) is 25.2. The zero-order chi connectivity index (χ0) is 24.6. The molecule has 1 N–H and O–H groups in total. The van der Waals surface area contributed by atoms with Crippen LogP contribution in [0.1, 0.15) is 38.7 Å². The standard InChI is InChI=1S/C28H33NO3SSe/c1-4-22(17-21-11-7-5-8-12-21)28(19-29,33(31,32)24-13-9-6-10-14-24)34-20-27-16-15-23(18-25(27)30)26(27,2)3/h4-14,22-23,25,30H,1,15-18,20H2,2-3H3/t22-,23+,25-,27-,28+/m1/s1. The van der Waals surface area contributed by atoms with E-state index < -0.39 is 40.5 Å². The summed E-state index contributed by atoms with van der Waals surface area (Å²) in [5.41, 5.74) is 0.561. The van der Waals surface area contributed by atoms with Crippen molar-refractivity contribution in [2.75, 3.05) is 0 Å². The molecule has 0 heterocycles. The first-order valence-electron chi connectivity index (χ1n) is 11.8. The number of nitrogens with zero attached hydrogens (tertiary/aromatic N) is 1. The Labute approximate surface area is 210 Å². The number of aliphatic hydroxyl groups excluding tert-OH is 1. The van der Waals surface area contributed by atoms with E-state index in [0.717, 1.165) is 24.8 Å². The zero-order valence-electron chi connectivity index (χ0n) is 19.9. The minimum absolute atomic E-state index is 0.0744. The van der Waals surface area contributed by atoms with Gasteiger partial charge in [-0.25, -0.2) is 0 Å². The number of nitriles is 1. The number of rotatable bonds is 9. The number of aliphatic hydroxyl groups is 1. The molecule has 2 aliphatic rings. The zero-order valence-corrected chi connectivity index (χ0v) is 22.4. The van der Waals surface area contributed by atoms with Crippen molar-refractivity contribution < 1.29 is 13.5 Å². The molecule has 0 saturated heterocycles. The summed E-state index contributed by atoms with van der Waals surface area (Å²) in [7, 11) is -4.00. The van der Waals surface area contributed by atoms with Crippen molar-refractivity contribution in [2.45, 2.75) is 59.5 Å². The Morgan fingerprint density at radius 2 is 1.82 bits per heavy atom. The third-order valence-electron chi connectivity index (χ3n) is 8.61. The van der Waals surface area contributed by atoms with Crippen LogP contribution < -0.4 is 0 Å². The van der Waals surface area contributed by atoms with Crippen LogP contribution in [0, 0.1) is 34.0 Å². The van der Waals surface area contributed by atoms with Gasteiger partial charge < -0.3 is 0 Å². The second kappa shape index (κ2) is 9.28. The molecule has 0 amide bonds. The summed E-state index contributed by atoms with van der Waals surface area (Å²) >= 11 is -0.610. The Morgan fingerprint density at radius 3 is 2.32 bits per heavy atom. The Balaban J connectivity index is 1.79. The number of fused-ring (bicyclic) bond motifs is 2. The van der Waals surface area contributed by atoms with Gasteiger partial charge in [0.25, 0.3) is 0 Å². The van der Waals surface area contributed by atoms with Gasteiger partial charge in [0.15, 0.2) is 0 Å². The average Bonchev–Trinajstić information content (AvgIpc) is 3.20. The topological polar surface area (TPSA) is 78.2 Å². The summed E-state index contributed by atoms with van der Waals surface area (Å²) in [5.74, 6) is -0.125. The molecule has 34 heavy (non-hydrogen) atoms. The summed E-state index contributed by atoms with van der Waals surface area (Å²) in [6, 6.07) is 20.4. The van der Waals surface area contributed by atoms with E-state index in [1.54, 1.807) is 36.4 Å². The maximum absolute atomic E-state index is 14.2. The van der Waals surface area contributed by atoms with E-state index in [1.165, 1.54) is 0 Å². The molecular formula is C28H33NO3SSe. The van der Waals surface area contributed by atoms with E-state index in [-0.39, 0.29) is 15.7 Å². The van der Waals surface area contributed by atoms with Crippen molar-refractivity contribution >= 4 is 24.8 Å². The molecule has 0 spiro atoms. The first-order valence-corrected chi connectivity index (χ1v) is 15.4. The summed E-state index contributed by atoms with van der Waals surface area (Å²) in [4.78, 5) is 0.173. The molecule has 4 rings (SSSR count). The van der Waals surface area contributed by atoms with Gasteiger partial charge in [-0.15, -0.1) is 0 Å². The van der Waals surface area contributed by atoms with Gasteiger partial charge >= 0.3 is 211 Å². The van der Waals surface area contributed by atoms with Crippen LogP contribution >= 0.6 is 0 Å². The molecule has 2 aromatic carbocycles. The van der Waals surface area contributed by atoms with Crippen LogP contribution in [0.4, 0.5) is 0 Å². The third-order valence-corrected chi connectivity index (χ3v) is 15.8. The summed E-state index contributed by atoms with van der Waals surface area (Å²) in [5, 5.41) is 22.3. The van der Waals surface area contributed by atoms with E-state index in [2.05, 4.69) is 26.5 Å². The Bertz CT molecular complexity index is 1180. The molecule has 2 aromatic rings. The quantitative estimate of drug-likeness (QED) is 0.356. The van der Waals surface area contributed by atoms with Gasteiger partial charge in [0, 0.05) is 0 Å². The molecule has 180 valence electrons. The van der Waals surface area contributed by atoms with Gasteiger partial charge in [-0.05, 0) is 0 Å². The molecule has 0 unspecified atom stereocenters. The van der Waals surface area contributed by atoms with Crippen LogP contribution in [0.15, 0.2) is 78.2 Å². The van der Waals surface area contributed by atoms with E-state index in [1.807, 2.05) is 30.3 Å². The second-order valence-corrected chi connectivity index (χ2v) is 15.5. The van der Waals surface area contributed by atoms with Crippen molar-refractivity contribution in [3.8, 4) is 6.07 Å². The number of allylic oxidation sites excluding steroid dienone is 1. The predicted octanol–water partition coefficient (Wildman–Crippen LogP) is 5.03. The van der Waals surface area contributed by atoms with Gasteiger partial charge in [0.1, 0.15) is 0 Å².